The molecule has 1 saturated heterocycles. The summed E-state index contributed by atoms with van der Waals surface area (Å²) in [6.45, 7) is 3.93. The molecule has 1 heterocycles. The van der Waals surface area contributed by atoms with Crippen molar-refractivity contribution in [1.29, 1.82) is 0 Å². The second-order valence-electron chi connectivity index (χ2n) is 2.80. The Labute approximate surface area is 66.6 Å². The Morgan fingerprint density at radius 2 is 2.00 bits per heavy atom. The van der Waals surface area contributed by atoms with Gasteiger partial charge in [0, 0.05) is 6.54 Å². The van der Waals surface area contributed by atoms with E-state index >= 15 is 0 Å². The van der Waals surface area contributed by atoms with E-state index in [0.29, 0.717) is 6.61 Å². The van der Waals surface area contributed by atoms with E-state index in [9.17, 15) is 0 Å². The smallest absolute Gasteiger partial charge is 0.0865 e. The standard InChI is InChI=1S/C7H15NO3/c9-11-10-7-3-6-8-4-1-2-5-8/h9H,1-7H2. The van der Waals surface area contributed by atoms with Crippen LogP contribution in [0.2, 0.25) is 0 Å². The Hall–Kier alpha value is -0.160. The second kappa shape index (κ2) is 5.49. The van der Waals surface area contributed by atoms with E-state index in [1.807, 2.05) is 0 Å². The highest BCUT2D eigenvalue weighted by Crippen LogP contribution is 2.06. The van der Waals surface area contributed by atoms with Crippen LogP contribution in [-0.2, 0) is 9.93 Å². The van der Waals surface area contributed by atoms with Gasteiger partial charge in [0.25, 0.3) is 0 Å². The van der Waals surface area contributed by atoms with Crippen LogP contribution in [0.5, 0.6) is 0 Å². The Morgan fingerprint density at radius 3 is 2.64 bits per heavy atom. The van der Waals surface area contributed by atoms with Gasteiger partial charge in [0.1, 0.15) is 0 Å². The van der Waals surface area contributed by atoms with Crippen LogP contribution in [0.25, 0.3) is 0 Å². The molecule has 1 aliphatic rings. The van der Waals surface area contributed by atoms with Crippen LogP contribution in [0, 0.1) is 0 Å². The molecule has 4 nitrogen and oxygen atoms in total. The van der Waals surface area contributed by atoms with Crippen LogP contribution in [-0.4, -0.2) is 36.4 Å². The number of hydrogen-bond acceptors (Lipinski definition) is 4. The van der Waals surface area contributed by atoms with E-state index in [-0.39, 0.29) is 0 Å². The average molecular weight is 161 g/mol. The molecule has 66 valence electrons. The van der Waals surface area contributed by atoms with Gasteiger partial charge in [0.15, 0.2) is 0 Å². The van der Waals surface area contributed by atoms with Crippen LogP contribution in [0.4, 0.5) is 0 Å². The molecular formula is C7H15NO3. The van der Waals surface area contributed by atoms with Gasteiger partial charge in [-0.2, -0.15) is 0 Å². The molecule has 0 aromatic rings. The molecule has 1 fully saturated rings. The van der Waals surface area contributed by atoms with Gasteiger partial charge in [-0.25, -0.2) is 10.1 Å². The Morgan fingerprint density at radius 1 is 1.27 bits per heavy atom. The van der Waals surface area contributed by atoms with Gasteiger partial charge in [0.05, 0.1) is 6.61 Å². The number of likely N-dealkylation sites (tertiary alicyclic amines) is 1. The highest BCUT2D eigenvalue weighted by atomic mass is 17.5. The van der Waals surface area contributed by atoms with Crippen molar-refractivity contribution in [2.24, 2.45) is 0 Å². The number of nitrogens with zero attached hydrogens (tertiary/aromatic N) is 1. The molecule has 1 N–H and O–H groups in total. The molecule has 0 spiro atoms. The minimum absolute atomic E-state index is 0.465. The minimum Gasteiger partial charge on any atom is -0.303 e. The first-order valence-corrected chi connectivity index (χ1v) is 4.09. The maximum Gasteiger partial charge on any atom is 0.0865 e. The van der Waals surface area contributed by atoms with E-state index in [2.05, 4.69) is 14.8 Å². The monoisotopic (exact) mass is 161 g/mol. The van der Waals surface area contributed by atoms with Crippen LogP contribution in [0.3, 0.4) is 0 Å². The van der Waals surface area contributed by atoms with Gasteiger partial charge < -0.3 is 4.90 Å². The lowest BCUT2D eigenvalue weighted by molar-refractivity contribution is -0.490. The summed E-state index contributed by atoms with van der Waals surface area (Å²) in [5.41, 5.74) is 0. The molecule has 0 atom stereocenters. The third kappa shape index (κ3) is 3.67. The lowest BCUT2D eigenvalue weighted by Gasteiger charge is -2.12. The predicted molar refractivity (Wildman–Crippen MR) is 40.0 cm³/mol. The third-order valence-electron chi connectivity index (χ3n) is 1.95. The molecule has 0 bridgehead atoms. The summed E-state index contributed by atoms with van der Waals surface area (Å²) in [6.07, 6.45) is 3.55. The molecule has 0 aromatic heterocycles. The quantitative estimate of drug-likeness (QED) is 0.369. The topological polar surface area (TPSA) is 41.9 Å². The summed E-state index contributed by atoms with van der Waals surface area (Å²) in [5, 5.41) is 11.3. The number of rotatable bonds is 5. The molecule has 4 heteroatoms. The minimum atomic E-state index is 0.465. The Bertz CT molecular complexity index is 93.7. The third-order valence-corrected chi connectivity index (χ3v) is 1.95. The van der Waals surface area contributed by atoms with Gasteiger partial charge in [-0.15, -0.1) is 0 Å². The van der Waals surface area contributed by atoms with E-state index in [1.165, 1.54) is 25.9 Å². The van der Waals surface area contributed by atoms with Crippen molar-refractivity contribution in [2.45, 2.75) is 19.3 Å². The molecule has 1 aliphatic heterocycles. The maximum absolute atomic E-state index is 7.82. The van der Waals surface area contributed by atoms with Crippen LogP contribution in [0.1, 0.15) is 19.3 Å². The molecule has 0 aliphatic carbocycles. The summed E-state index contributed by atoms with van der Waals surface area (Å²) in [6, 6.07) is 0. The second-order valence-corrected chi connectivity index (χ2v) is 2.80. The Kier molecular flexibility index (Phi) is 4.45. The SMILES string of the molecule is OOOCCCN1CCCC1. The molecule has 0 amide bonds. The first-order chi connectivity index (χ1) is 5.43. The zero-order valence-corrected chi connectivity index (χ0v) is 6.66. The number of hydrogen-bond donors (Lipinski definition) is 1. The lowest BCUT2D eigenvalue weighted by Crippen LogP contribution is -2.21. The lowest BCUT2D eigenvalue weighted by atomic mass is 10.4. The van der Waals surface area contributed by atoms with E-state index in [0.717, 1.165) is 13.0 Å². The summed E-state index contributed by atoms with van der Waals surface area (Å²) < 4.78 is 0. The van der Waals surface area contributed by atoms with Crippen molar-refractivity contribution in [3.05, 3.63) is 0 Å². The van der Waals surface area contributed by atoms with E-state index in [1.54, 1.807) is 0 Å². The largest absolute Gasteiger partial charge is 0.303 e. The van der Waals surface area contributed by atoms with Crippen molar-refractivity contribution in [3.8, 4) is 0 Å². The molecule has 1 rings (SSSR count). The van der Waals surface area contributed by atoms with Crippen molar-refractivity contribution < 1.29 is 15.2 Å². The van der Waals surface area contributed by atoms with E-state index in [4.69, 9.17) is 5.26 Å². The fourth-order valence-corrected chi connectivity index (χ4v) is 1.39. The van der Waals surface area contributed by atoms with E-state index < -0.39 is 0 Å². The summed E-state index contributed by atoms with van der Waals surface area (Å²) in [7, 11) is 0. The van der Waals surface area contributed by atoms with Crippen LogP contribution in [0.15, 0.2) is 0 Å². The average Bonchev–Trinajstić information content (AvgIpc) is 2.50. The van der Waals surface area contributed by atoms with Gasteiger partial charge in [0.2, 0.25) is 0 Å². The van der Waals surface area contributed by atoms with Crippen molar-refractivity contribution in [3.63, 3.8) is 0 Å². The summed E-state index contributed by atoms with van der Waals surface area (Å²) >= 11 is 0. The van der Waals surface area contributed by atoms with Crippen molar-refractivity contribution >= 4 is 0 Å². The first-order valence-electron chi connectivity index (χ1n) is 4.09. The molecule has 0 unspecified atom stereocenters. The van der Waals surface area contributed by atoms with Gasteiger partial charge in [-0.3, -0.25) is 0 Å². The molecule has 11 heavy (non-hydrogen) atoms. The fourth-order valence-electron chi connectivity index (χ4n) is 1.39. The van der Waals surface area contributed by atoms with Crippen molar-refractivity contribution in [2.75, 3.05) is 26.2 Å². The zero-order valence-electron chi connectivity index (χ0n) is 6.66. The molecular weight excluding hydrogens is 146 g/mol. The van der Waals surface area contributed by atoms with Gasteiger partial charge in [-0.1, -0.05) is 5.04 Å². The van der Waals surface area contributed by atoms with Crippen LogP contribution >= 0.6 is 0 Å². The normalized spacial score (nSPS) is 19.4. The summed E-state index contributed by atoms with van der Waals surface area (Å²) in [5.74, 6) is 0. The molecule has 0 aromatic carbocycles. The molecule has 0 saturated carbocycles. The van der Waals surface area contributed by atoms with Crippen molar-refractivity contribution in [1.82, 2.24) is 4.90 Å². The van der Waals surface area contributed by atoms with Crippen LogP contribution < -0.4 is 0 Å². The predicted octanol–water partition coefficient (Wildman–Crippen LogP) is 0.894. The first kappa shape index (κ1) is 8.93. The van der Waals surface area contributed by atoms with Gasteiger partial charge >= 0.3 is 0 Å². The zero-order chi connectivity index (χ0) is 7.94. The van der Waals surface area contributed by atoms with Gasteiger partial charge in [-0.05, 0) is 32.4 Å². The molecule has 0 radical (unpaired) electrons. The fraction of sp³-hybridized carbons (Fsp3) is 1.00. The highest BCUT2D eigenvalue weighted by molar-refractivity contribution is 4.65. The maximum atomic E-state index is 7.82. The summed E-state index contributed by atoms with van der Waals surface area (Å²) in [4.78, 5) is 6.71. The highest BCUT2D eigenvalue weighted by Gasteiger charge is 2.09. The Balaban J connectivity index is 1.86.